The predicted octanol–water partition coefficient (Wildman–Crippen LogP) is 6.71. The van der Waals surface area contributed by atoms with Crippen molar-refractivity contribution >= 4 is 44.3 Å². The van der Waals surface area contributed by atoms with Gasteiger partial charge in [-0.25, -0.2) is 0 Å². The summed E-state index contributed by atoms with van der Waals surface area (Å²) in [5.74, 6) is 0.515. The molecule has 0 bridgehead atoms. The SMILES string of the molecule is Brc1ccc(CN2c3ccccc3C[C@H]3c4c([nH]c5ccccc45)S[C@H]32)cc1. The molecule has 1 N–H and O–H groups in total. The third kappa shape index (κ3) is 2.55. The number of rotatable bonds is 2. The van der Waals surface area contributed by atoms with Gasteiger partial charge in [0.25, 0.3) is 0 Å². The van der Waals surface area contributed by atoms with Gasteiger partial charge in [0.05, 0.1) is 10.4 Å². The van der Waals surface area contributed by atoms with Gasteiger partial charge in [0, 0.05) is 33.5 Å². The Morgan fingerprint density at radius 3 is 2.64 bits per heavy atom. The van der Waals surface area contributed by atoms with Crippen LogP contribution in [-0.4, -0.2) is 10.4 Å². The first kappa shape index (κ1) is 16.8. The molecule has 2 nitrogen and oxygen atoms in total. The Labute approximate surface area is 177 Å². The van der Waals surface area contributed by atoms with E-state index in [-0.39, 0.29) is 0 Å². The molecular formula is C24H19BrN2S. The van der Waals surface area contributed by atoms with Crippen molar-refractivity contribution in [2.75, 3.05) is 4.90 Å². The first-order valence-corrected chi connectivity index (χ1v) is 11.3. The number of H-pyrrole nitrogens is 1. The van der Waals surface area contributed by atoms with E-state index in [2.05, 4.69) is 98.6 Å². The molecule has 0 fully saturated rings. The fraction of sp³-hybridized carbons (Fsp3) is 0.167. The van der Waals surface area contributed by atoms with E-state index >= 15 is 0 Å². The second kappa shape index (κ2) is 6.43. The highest BCUT2D eigenvalue weighted by molar-refractivity contribution is 9.10. The van der Waals surface area contributed by atoms with E-state index < -0.39 is 0 Å². The molecule has 1 aromatic heterocycles. The topological polar surface area (TPSA) is 19.0 Å². The molecule has 4 aromatic rings. The summed E-state index contributed by atoms with van der Waals surface area (Å²) in [5.41, 5.74) is 6.96. The molecule has 0 saturated heterocycles. The highest BCUT2D eigenvalue weighted by atomic mass is 79.9. The van der Waals surface area contributed by atoms with E-state index in [0.717, 1.165) is 17.4 Å². The molecule has 0 spiro atoms. The minimum atomic E-state index is 0.435. The lowest BCUT2D eigenvalue weighted by molar-refractivity contribution is 0.583. The van der Waals surface area contributed by atoms with Crippen LogP contribution < -0.4 is 4.90 Å². The molecule has 3 heterocycles. The molecule has 28 heavy (non-hydrogen) atoms. The maximum absolute atomic E-state index is 3.68. The summed E-state index contributed by atoms with van der Waals surface area (Å²) in [6.07, 6.45) is 1.11. The number of thioether (sulfide) groups is 1. The molecule has 138 valence electrons. The summed E-state index contributed by atoms with van der Waals surface area (Å²) >= 11 is 5.56. The Balaban J connectivity index is 1.46. The molecule has 6 rings (SSSR count). The van der Waals surface area contributed by atoms with Crippen LogP contribution in [0.2, 0.25) is 0 Å². The molecule has 2 aliphatic rings. The molecule has 0 amide bonds. The second-order valence-electron chi connectivity index (χ2n) is 7.62. The number of para-hydroxylation sites is 2. The lowest BCUT2D eigenvalue weighted by Gasteiger charge is -2.40. The van der Waals surface area contributed by atoms with Gasteiger partial charge >= 0.3 is 0 Å². The number of aromatic amines is 1. The van der Waals surface area contributed by atoms with Gasteiger partial charge in [-0.1, -0.05) is 76.2 Å². The third-order valence-electron chi connectivity index (χ3n) is 5.98. The maximum Gasteiger partial charge on any atom is 0.0887 e. The van der Waals surface area contributed by atoms with Crippen LogP contribution in [-0.2, 0) is 13.0 Å². The molecule has 0 aliphatic carbocycles. The zero-order valence-corrected chi connectivity index (χ0v) is 17.6. The van der Waals surface area contributed by atoms with E-state index in [4.69, 9.17) is 0 Å². The summed E-state index contributed by atoms with van der Waals surface area (Å²) in [5, 5.41) is 3.18. The van der Waals surface area contributed by atoms with Crippen molar-refractivity contribution in [2.45, 2.75) is 29.3 Å². The number of anilines is 1. The fourth-order valence-corrected chi connectivity index (χ4v) is 6.50. The zero-order chi connectivity index (χ0) is 18.7. The van der Waals surface area contributed by atoms with Crippen molar-refractivity contribution in [2.24, 2.45) is 0 Å². The summed E-state index contributed by atoms with van der Waals surface area (Å²) in [4.78, 5) is 6.29. The van der Waals surface area contributed by atoms with E-state index in [9.17, 15) is 0 Å². The van der Waals surface area contributed by atoms with Crippen LogP contribution in [0.4, 0.5) is 5.69 Å². The van der Waals surface area contributed by atoms with E-state index in [0.29, 0.717) is 11.3 Å². The standard InChI is InChI=1S/C24H19BrN2S/c25-17-11-9-15(10-12-17)14-27-21-8-4-1-5-16(21)13-19-22-18-6-2-3-7-20(18)26-23(22)28-24(19)27/h1-12,19,24,26H,13-14H2/t19-,24+/m0/s1. The van der Waals surface area contributed by atoms with Gasteiger partial charge in [0.1, 0.15) is 0 Å². The number of benzene rings is 3. The molecule has 0 radical (unpaired) electrons. The Morgan fingerprint density at radius 2 is 1.75 bits per heavy atom. The number of nitrogens with zero attached hydrogens (tertiary/aromatic N) is 1. The van der Waals surface area contributed by atoms with Crippen LogP contribution in [0.1, 0.15) is 22.6 Å². The van der Waals surface area contributed by atoms with Crippen molar-refractivity contribution in [3.05, 3.63) is 94.0 Å². The average molecular weight is 447 g/mol. The van der Waals surface area contributed by atoms with E-state index in [1.807, 2.05) is 11.8 Å². The number of nitrogens with one attached hydrogen (secondary N) is 1. The van der Waals surface area contributed by atoms with E-state index in [1.54, 1.807) is 0 Å². The summed E-state index contributed by atoms with van der Waals surface area (Å²) < 4.78 is 1.13. The average Bonchev–Trinajstić information content (AvgIpc) is 3.25. The van der Waals surface area contributed by atoms with Crippen LogP contribution in [0, 0.1) is 0 Å². The Kier molecular flexibility index (Phi) is 3.85. The Morgan fingerprint density at radius 1 is 0.964 bits per heavy atom. The number of fused-ring (bicyclic) bond motifs is 6. The smallest absolute Gasteiger partial charge is 0.0887 e. The van der Waals surface area contributed by atoms with E-state index in [1.165, 1.54) is 38.3 Å². The molecular weight excluding hydrogens is 428 g/mol. The Hall–Kier alpha value is -2.17. The number of hydrogen-bond acceptors (Lipinski definition) is 2. The second-order valence-corrected chi connectivity index (χ2v) is 9.66. The number of hydrogen-bond donors (Lipinski definition) is 1. The summed E-state index contributed by atoms with van der Waals surface area (Å²) in [6, 6.07) is 26.4. The van der Waals surface area contributed by atoms with Crippen LogP contribution in [0.5, 0.6) is 0 Å². The zero-order valence-electron chi connectivity index (χ0n) is 15.2. The fourth-order valence-electron chi connectivity index (χ4n) is 4.73. The summed E-state index contributed by atoms with van der Waals surface area (Å²) in [6.45, 7) is 0.931. The molecule has 0 unspecified atom stereocenters. The number of aromatic nitrogens is 1. The van der Waals surface area contributed by atoms with Crippen LogP contribution in [0.25, 0.3) is 10.9 Å². The van der Waals surface area contributed by atoms with Crippen LogP contribution >= 0.6 is 27.7 Å². The van der Waals surface area contributed by atoms with Gasteiger partial charge in [-0.3, -0.25) is 0 Å². The lowest BCUT2D eigenvalue weighted by atomic mass is 9.86. The normalized spacial score (nSPS) is 20.1. The van der Waals surface area contributed by atoms with Gasteiger partial charge in [-0.05, 0) is 47.4 Å². The minimum absolute atomic E-state index is 0.435. The van der Waals surface area contributed by atoms with Crippen molar-refractivity contribution in [3.63, 3.8) is 0 Å². The van der Waals surface area contributed by atoms with Crippen LogP contribution in [0.3, 0.4) is 0 Å². The van der Waals surface area contributed by atoms with Gasteiger partial charge < -0.3 is 9.88 Å². The largest absolute Gasteiger partial charge is 0.354 e. The van der Waals surface area contributed by atoms with Gasteiger partial charge in [0.2, 0.25) is 0 Å². The minimum Gasteiger partial charge on any atom is -0.354 e. The maximum atomic E-state index is 3.68. The third-order valence-corrected chi connectivity index (χ3v) is 7.89. The van der Waals surface area contributed by atoms with Crippen molar-refractivity contribution in [3.8, 4) is 0 Å². The molecule has 3 aromatic carbocycles. The van der Waals surface area contributed by atoms with Crippen molar-refractivity contribution in [1.82, 2.24) is 4.98 Å². The Bertz CT molecular complexity index is 1180. The van der Waals surface area contributed by atoms with Crippen molar-refractivity contribution < 1.29 is 0 Å². The number of halogens is 1. The molecule has 4 heteroatoms. The quantitative estimate of drug-likeness (QED) is 0.368. The van der Waals surface area contributed by atoms with Gasteiger partial charge in [-0.15, -0.1) is 0 Å². The highest BCUT2D eigenvalue weighted by Crippen LogP contribution is 2.55. The lowest BCUT2D eigenvalue weighted by Crippen LogP contribution is -2.39. The monoisotopic (exact) mass is 446 g/mol. The first-order valence-electron chi connectivity index (χ1n) is 9.64. The predicted molar refractivity (Wildman–Crippen MR) is 121 cm³/mol. The summed E-state index contributed by atoms with van der Waals surface area (Å²) in [7, 11) is 0. The van der Waals surface area contributed by atoms with Crippen LogP contribution in [0.15, 0.2) is 82.3 Å². The first-order chi connectivity index (χ1) is 13.8. The molecule has 2 atom stereocenters. The highest BCUT2D eigenvalue weighted by Gasteiger charge is 2.43. The van der Waals surface area contributed by atoms with Crippen molar-refractivity contribution in [1.29, 1.82) is 0 Å². The molecule has 0 saturated carbocycles. The van der Waals surface area contributed by atoms with Gasteiger partial charge in [0.15, 0.2) is 0 Å². The molecule has 2 aliphatic heterocycles. The van der Waals surface area contributed by atoms with Gasteiger partial charge in [-0.2, -0.15) is 0 Å².